The number of hydrogen-bond donors (Lipinski definition) is 2. The minimum absolute atomic E-state index is 0.109. The SMILES string of the molecule is Cc1ccc(S(=O)(=O)NC(C)(CN)C(C)C)c(C)c1. The Labute approximate surface area is 116 Å². The predicted molar refractivity (Wildman–Crippen MR) is 78.5 cm³/mol. The van der Waals surface area contributed by atoms with E-state index in [9.17, 15) is 8.42 Å². The summed E-state index contributed by atoms with van der Waals surface area (Å²) in [5.74, 6) is 0.109. The number of nitrogens with two attached hydrogens (primary N) is 1. The van der Waals surface area contributed by atoms with Crippen LogP contribution in [0.25, 0.3) is 0 Å². The van der Waals surface area contributed by atoms with E-state index in [-0.39, 0.29) is 12.5 Å². The van der Waals surface area contributed by atoms with Gasteiger partial charge in [0, 0.05) is 12.1 Å². The first-order valence-electron chi connectivity index (χ1n) is 6.43. The Bertz CT molecular complexity index is 553. The second kappa shape index (κ2) is 5.61. The molecule has 0 saturated carbocycles. The first-order chi connectivity index (χ1) is 8.62. The maximum atomic E-state index is 12.5. The van der Waals surface area contributed by atoms with Gasteiger partial charge in [0.05, 0.1) is 4.90 Å². The van der Waals surface area contributed by atoms with Gasteiger partial charge in [0.15, 0.2) is 0 Å². The predicted octanol–water partition coefficient (Wildman–Crippen LogP) is 1.96. The molecule has 0 aromatic heterocycles. The molecule has 3 N–H and O–H groups in total. The Morgan fingerprint density at radius 1 is 1.32 bits per heavy atom. The van der Waals surface area contributed by atoms with E-state index in [1.54, 1.807) is 19.1 Å². The highest BCUT2D eigenvalue weighted by Gasteiger charge is 2.32. The molecule has 1 aromatic rings. The van der Waals surface area contributed by atoms with Crippen molar-refractivity contribution in [3.63, 3.8) is 0 Å². The smallest absolute Gasteiger partial charge is 0.241 e. The molecule has 1 unspecified atom stereocenters. The molecule has 0 aliphatic carbocycles. The van der Waals surface area contributed by atoms with E-state index < -0.39 is 15.6 Å². The topological polar surface area (TPSA) is 72.2 Å². The molecule has 19 heavy (non-hydrogen) atoms. The summed E-state index contributed by atoms with van der Waals surface area (Å²) < 4.78 is 27.7. The summed E-state index contributed by atoms with van der Waals surface area (Å²) in [6.45, 7) is 9.74. The van der Waals surface area contributed by atoms with Crippen molar-refractivity contribution in [1.29, 1.82) is 0 Å². The van der Waals surface area contributed by atoms with Crippen LogP contribution < -0.4 is 10.5 Å². The Morgan fingerprint density at radius 2 is 1.89 bits per heavy atom. The molecule has 0 heterocycles. The highest BCUT2D eigenvalue weighted by molar-refractivity contribution is 7.89. The molecule has 0 spiro atoms. The molecule has 0 saturated heterocycles. The molecular formula is C14H24N2O2S. The van der Waals surface area contributed by atoms with E-state index in [1.165, 1.54) is 0 Å². The van der Waals surface area contributed by atoms with Gasteiger partial charge in [-0.3, -0.25) is 0 Å². The zero-order chi connectivity index (χ0) is 14.8. The molecular weight excluding hydrogens is 260 g/mol. The van der Waals surface area contributed by atoms with Gasteiger partial charge in [0.2, 0.25) is 10.0 Å². The van der Waals surface area contributed by atoms with E-state index in [0.717, 1.165) is 11.1 Å². The van der Waals surface area contributed by atoms with Crippen LogP contribution in [0.1, 0.15) is 31.9 Å². The lowest BCUT2D eigenvalue weighted by molar-refractivity contribution is 0.315. The van der Waals surface area contributed by atoms with Gasteiger partial charge in [-0.2, -0.15) is 0 Å². The zero-order valence-electron chi connectivity index (χ0n) is 12.3. The molecule has 0 fully saturated rings. The Hall–Kier alpha value is -0.910. The number of sulfonamides is 1. The number of aryl methyl sites for hydroxylation is 2. The van der Waals surface area contributed by atoms with Crippen LogP contribution in [-0.2, 0) is 10.0 Å². The molecule has 5 heteroatoms. The van der Waals surface area contributed by atoms with Crippen molar-refractivity contribution in [2.75, 3.05) is 6.54 Å². The van der Waals surface area contributed by atoms with Gasteiger partial charge < -0.3 is 5.73 Å². The third kappa shape index (κ3) is 3.55. The highest BCUT2D eigenvalue weighted by atomic mass is 32.2. The van der Waals surface area contributed by atoms with Gasteiger partial charge in [-0.15, -0.1) is 0 Å². The maximum absolute atomic E-state index is 12.5. The summed E-state index contributed by atoms with van der Waals surface area (Å²) in [6.07, 6.45) is 0. The van der Waals surface area contributed by atoms with Crippen LogP contribution in [0.5, 0.6) is 0 Å². The minimum atomic E-state index is -3.55. The van der Waals surface area contributed by atoms with Crippen LogP contribution in [0.3, 0.4) is 0 Å². The van der Waals surface area contributed by atoms with Gasteiger partial charge in [-0.25, -0.2) is 13.1 Å². The van der Waals surface area contributed by atoms with Crippen molar-refractivity contribution in [3.8, 4) is 0 Å². The van der Waals surface area contributed by atoms with Crippen LogP contribution in [-0.4, -0.2) is 20.5 Å². The second-order valence-corrected chi connectivity index (χ2v) is 7.30. The van der Waals surface area contributed by atoms with Gasteiger partial charge in [-0.1, -0.05) is 31.5 Å². The van der Waals surface area contributed by atoms with Crippen molar-refractivity contribution in [2.45, 2.75) is 45.1 Å². The highest BCUT2D eigenvalue weighted by Crippen LogP contribution is 2.22. The molecule has 1 atom stereocenters. The van der Waals surface area contributed by atoms with Crippen molar-refractivity contribution in [3.05, 3.63) is 29.3 Å². The standard InChI is InChI=1S/C14H24N2O2S/c1-10(2)14(5,9-15)16-19(17,18)13-7-6-11(3)8-12(13)4/h6-8,10,16H,9,15H2,1-5H3. The van der Waals surface area contributed by atoms with Crippen molar-refractivity contribution >= 4 is 10.0 Å². The third-order valence-electron chi connectivity index (χ3n) is 3.69. The zero-order valence-corrected chi connectivity index (χ0v) is 13.1. The first-order valence-corrected chi connectivity index (χ1v) is 7.92. The van der Waals surface area contributed by atoms with Gasteiger partial charge >= 0.3 is 0 Å². The minimum Gasteiger partial charge on any atom is -0.329 e. The molecule has 0 aliphatic heterocycles. The van der Waals surface area contributed by atoms with Gasteiger partial charge in [0.1, 0.15) is 0 Å². The van der Waals surface area contributed by atoms with Crippen LogP contribution in [0.4, 0.5) is 0 Å². The maximum Gasteiger partial charge on any atom is 0.241 e. The fourth-order valence-corrected chi connectivity index (χ4v) is 3.63. The molecule has 1 aromatic carbocycles. The first kappa shape index (κ1) is 16.1. The number of rotatable bonds is 5. The van der Waals surface area contributed by atoms with E-state index in [0.29, 0.717) is 4.90 Å². The molecule has 108 valence electrons. The van der Waals surface area contributed by atoms with E-state index >= 15 is 0 Å². The average molecular weight is 284 g/mol. The van der Waals surface area contributed by atoms with Crippen LogP contribution in [0, 0.1) is 19.8 Å². The fourth-order valence-electron chi connectivity index (χ4n) is 1.86. The van der Waals surface area contributed by atoms with Gasteiger partial charge in [-0.05, 0) is 38.3 Å². The van der Waals surface area contributed by atoms with Crippen molar-refractivity contribution in [2.24, 2.45) is 11.7 Å². The quantitative estimate of drug-likeness (QED) is 0.868. The largest absolute Gasteiger partial charge is 0.329 e. The number of nitrogens with one attached hydrogen (secondary N) is 1. The van der Waals surface area contributed by atoms with Crippen molar-refractivity contribution in [1.82, 2.24) is 4.72 Å². The summed E-state index contributed by atoms with van der Waals surface area (Å²) in [4.78, 5) is 0.318. The van der Waals surface area contributed by atoms with Crippen LogP contribution in [0.15, 0.2) is 23.1 Å². The van der Waals surface area contributed by atoms with Gasteiger partial charge in [0.25, 0.3) is 0 Å². The molecule has 0 aliphatic rings. The van der Waals surface area contributed by atoms with E-state index in [4.69, 9.17) is 5.73 Å². The lowest BCUT2D eigenvalue weighted by atomic mass is 9.90. The monoisotopic (exact) mass is 284 g/mol. The summed E-state index contributed by atoms with van der Waals surface area (Å²) in [5.41, 5.74) is 6.88. The fraction of sp³-hybridized carbons (Fsp3) is 0.571. The van der Waals surface area contributed by atoms with E-state index in [2.05, 4.69) is 4.72 Å². The van der Waals surface area contributed by atoms with E-state index in [1.807, 2.05) is 33.8 Å². The Balaban J connectivity index is 3.18. The summed E-state index contributed by atoms with van der Waals surface area (Å²) in [6, 6.07) is 5.31. The number of benzene rings is 1. The lowest BCUT2D eigenvalue weighted by Crippen LogP contribution is -2.54. The molecule has 0 radical (unpaired) electrons. The average Bonchev–Trinajstić information content (AvgIpc) is 2.27. The molecule has 4 nitrogen and oxygen atoms in total. The summed E-state index contributed by atoms with van der Waals surface area (Å²) in [5, 5.41) is 0. The molecule has 1 rings (SSSR count). The van der Waals surface area contributed by atoms with Crippen LogP contribution >= 0.6 is 0 Å². The lowest BCUT2D eigenvalue weighted by Gasteiger charge is -2.33. The molecule has 0 amide bonds. The summed E-state index contributed by atoms with van der Waals surface area (Å²) in [7, 11) is -3.55. The Morgan fingerprint density at radius 3 is 2.32 bits per heavy atom. The van der Waals surface area contributed by atoms with Crippen molar-refractivity contribution < 1.29 is 8.42 Å². The normalized spacial score (nSPS) is 15.5. The third-order valence-corrected chi connectivity index (χ3v) is 5.46. The molecule has 0 bridgehead atoms. The second-order valence-electron chi connectivity index (χ2n) is 5.65. The Kier molecular flexibility index (Phi) is 4.76. The van der Waals surface area contributed by atoms with Crippen LogP contribution in [0.2, 0.25) is 0 Å². The number of hydrogen-bond acceptors (Lipinski definition) is 3. The summed E-state index contributed by atoms with van der Waals surface area (Å²) >= 11 is 0.